The van der Waals surface area contributed by atoms with E-state index in [1.807, 2.05) is 12.1 Å². The minimum atomic E-state index is -0.198. The zero-order chi connectivity index (χ0) is 18.1. The molecule has 5 nitrogen and oxygen atoms in total. The lowest BCUT2D eigenvalue weighted by molar-refractivity contribution is 0.00578. The van der Waals surface area contributed by atoms with Gasteiger partial charge >= 0.3 is 7.12 Å². The van der Waals surface area contributed by atoms with Crippen LogP contribution in [0.2, 0.25) is 0 Å². The van der Waals surface area contributed by atoms with Gasteiger partial charge in [-0.2, -0.15) is 5.10 Å². The number of hydrogen-bond donors (Lipinski definition) is 0. The van der Waals surface area contributed by atoms with Crippen LogP contribution >= 0.6 is 15.9 Å². The molecular formula is C18H25BBrN3O2. The van der Waals surface area contributed by atoms with Crippen molar-refractivity contribution in [1.82, 2.24) is 14.6 Å². The molecular weight excluding hydrogens is 381 g/mol. The maximum absolute atomic E-state index is 6.01. The second-order valence-electron chi connectivity index (χ2n) is 7.48. The van der Waals surface area contributed by atoms with E-state index in [9.17, 15) is 0 Å². The molecule has 134 valence electrons. The number of nitrogens with zero attached hydrogens (tertiary/aromatic N) is 3. The molecule has 0 unspecified atom stereocenters. The van der Waals surface area contributed by atoms with Gasteiger partial charge in [0, 0.05) is 12.3 Å². The second-order valence-corrected chi connectivity index (χ2v) is 8.29. The summed E-state index contributed by atoms with van der Waals surface area (Å²) in [5.74, 6) is 0. The molecule has 1 fully saturated rings. The summed E-state index contributed by atoms with van der Waals surface area (Å²) in [5.41, 5.74) is 1.81. The van der Waals surface area contributed by atoms with E-state index >= 15 is 0 Å². The summed E-state index contributed by atoms with van der Waals surface area (Å²) < 4.78 is 14.7. The molecule has 0 spiro atoms. The van der Waals surface area contributed by atoms with Crippen LogP contribution in [0.25, 0.3) is 5.65 Å². The van der Waals surface area contributed by atoms with Gasteiger partial charge in [0.25, 0.3) is 0 Å². The smallest absolute Gasteiger partial charge is 0.400 e. The molecule has 1 saturated heterocycles. The normalized spacial score (nSPS) is 21.6. The van der Waals surface area contributed by atoms with Gasteiger partial charge in [0.1, 0.15) is 4.60 Å². The first-order valence-electron chi connectivity index (χ1n) is 8.79. The Hall–Kier alpha value is -1.18. The minimum absolute atomic E-state index is 0.102. The highest BCUT2D eigenvalue weighted by Gasteiger charge is 2.52. The fourth-order valence-corrected chi connectivity index (χ4v) is 3.27. The number of hydrogen-bond acceptors (Lipinski definition) is 4. The summed E-state index contributed by atoms with van der Waals surface area (Å²) in [5, 5.41) is 4.03. The van der Waals surface area contributed by atoms with E-state index < -0.39 is 0 Å². The molecule has 25 heavy (non-hydrogen) atoms. The number of halogens is 1. The first-order valence-corrected chi connectivity index (χ1v) is 9.58. The number of aromatic nitrogens is 3. The lowest BCUT2D eigenvalue weighted by Crippen LogP contribution is -2.41. The number of rotatable bonds is 1. The van der Waals surface area contributed by atoms with Gasteiger partial charge in [-0.1, -0.05) is 6.08 Å². The number of fused-ring (bicyclic) bond motifs is 1. The highest BCUT2D eigenvalue weighted by atomic mass is 79.9. The van der Waals surface area contributed by atoms with Crippen LogP contribution in [0.4, 0.5) is 0 Å². The molecule has 1 aliphatic carbocycles. The van der Waals surface area contributed by atoms with Crippen LogP contribution in [0, 0.1) is 0 Å². The Balaban J connectivity index is 0.000000157. The topological polar surface area (TPSA) is 48.7 Å². The van der Waals surface area contributed by atoms with Crippen LogP contribution in [-0.4, -0.2) is 32.9 Å². The van der Waals surface area contributed by atoms with Gasteiger partial charge < -0.3 is 9.31 Å². The van der Waals surface area contributed by atoms with Crippen LogP contribution in [0.3, 0.4) is 0 Å². The molecule has 0 N–H and O–H groups in total. The van der Waals surface area contributed by atoms with Crippen molar-refractivity contribution < 1.29 is 9.31 Å². The highest BCUT2D eigenvalue weighted by molar-refractivity contribution is 9.10. The van der Waals surface area contributed by atoms with Crippen LogP contribution in [0.5, 0.6) is 0 Å². The predicted molar refractivity (Wildman–Crippen MR) is 103 cm³/mol. The number of allylic oxidation sites excluding steroid dienone is 2. The minimum Gasteiger partial charge on any atom is -0.400 e. The molecule has 4 rings (SSSR count). The van der Waals surface area contributed by atoms with Crippen molar-refractivity contribution in [3.05, 3.63) is 40.7 Å². The molecule has 3 heterocycles. The maximum Gasteiger partial charge on any atom is 0.490 e. The van der Waals surface area contributed by atoms with E-state index in [0.29, 0.717) is 0 Å². The molecule has 0 amide bonds. The Morgan fingerprint density at radius 3 is 2.40 bits per heavy atom. The van der Waals surface area contributed by atoms with Crippen molar-refractivity contribution in [3.63, 3.8) is 0 Å². The summed E-state index contributed by atoms with van der Waals surface area (Å²) in [6, 6.07) is 3.70. The average molecular weight is 406 g/mol. The summed E-state index contributed by atoms with van der Waals surface area (Å²) in [6.07, 6.45) is 10.6. The van der Waals surface area contributed by atoms with Gasteiger partial charge in [-0.05, 0) is 80.8 Å². The van der Waals surface area contributed by atoms with Crippen molar-refractivity contribution in [1.29, 1.82) is 0 Å². The van der Waals surface area contributed by atoms with Crippen LogP contribution in [0.15, 0.2) is 40.7 Å². The Kier molecular flexibility index (Phi) is 5.37. The van der Waals surface area contributed by atoms with E-state index in [-0.39, 0.29) is 18.3 Å². The summed E-state index contributed by atoms with van der Waals surface area (Å²) in [4.78, 5) is 4.07. The molecule has 0 radical (unpaired) electrons. The standard InChI is InChI=1S/C12H21BO2.C6H4BrN3/c1-11(2)12(3,4)15-13(14-11)10-8-6-5-7-9-10;7-5-1-3-8-6-2-4-9-10(5)6/h8H,5-7,9H2,1-4H3;1-4H. The van der Waals surface area contributed by atoms with Gasteiger partial charge in [-0.3, -0.25) is 0 Å². The Morgan fingerprint density at radius 1 is 1.08 bits per heavy atom. The lowest BCUT2D eigenvalue weighted by Gasteiger charge is -2.32. The summed E-state index contributed by atoms with van der Waals surface area (Å²) >= 11 is 3.34. The molecule has 2 aromatic heterocycles. The van der Waals surface area contributed by atoms with Gasteiger partial charge in [-0.15, -0.1) is 0 Å². The van der Waals surface area contributed by atoms with Gasteiger partial charge in [0.15, 0.2) is 5.65 Å². The third kappa shape index (κ3) is 3.99. The molecule has 2 aromatic rings. The Morgan fingerprint density at radius 2 is 1.80 bits per heavy atom. The van der Waals surface area contributed by atoms with Crippen molar-refractivity contribution in [3.8, 4) is 0 Å². The zero-order valence-corrected chi connectivity index (χ0v) is 16.9. The summed E-state index contributed by atoms with van der Waals surface area (Å²) in [6.45, 7) is 8.43. The first kappa shape index (κ1) is 18.6. The molecule has 1 aliphatic heterocycles. The second kappa shape index (κ2) is 7.21. The maximum atomic E-state index is 6.01. The molecule has 0 aromatic carbocycles. The highest BCUT2D eigenvalue weighted by Crippen LogP contribution is 2.39. The first-order chi connectivity index (χ1) is 11.8. The van der Waals surface area contributed by atoms with Gasteiger partial charge in [0.05, 0.1) is 17.4 Å². The molecule has 0 saturated carbocycles. The van der Waals surface area contributed by atoms with E-state index in [1.165, 1.54) is 24.7 Å². The van der Waals surface area contributed by atoms with Crippen molar-refractivity contribution >= 4 is 28.7 Å². The van der Waals surface area contributed by atoms with Crippen molar-refractivity contribution in [2.75, 3.05) is 0 Å². The molecule has 0 bridgehead atoms. The van der Waals surface area contributed by atoms with Gasteiger partial charge in [0.2, 0.25) is 0 Å². The predicted octanol–water partition coefficient (Wildman–Crippen LogP) is 4.61. The van der Waals surface area contributed by atoms with E-state index in [2.05, 4.69) is 59.8 Å². The third-order valence-electron chi connectivity index (χ3n) is 5.13. The summed E-state index contributed by atoms with van der Waals surface area (Å²) in [7, 11) is -0.102. The van der Waals surface area contributed by atoms with Crippen LogP contribution < -0.4 is 0 Å². The van der Waals surface area contributed by atoms with Crippen molar-refractivity contribution in [2.45, 2.75) is 64.6 Å². The fourth-order valence-electron chi connectivity index (χ4n) is 2.88. The Bertz CT molecular complexity index is 757. The fraction of sp³-hybridized carbons (Fsp3) is 0.556. The SMILES string of the molecule is Brc1ccnc2ccnn12.CC1(C)OB(C2=CCCCC2)OC1(C)C. The Labute approximate surface area is 158 Å². The van der Waals surface area contributed by atoms with E-state index in [0.717, 1.165) is 16.7 Å². The van der Waals surface area contributed by atoms with Crippen LogP contribution in [0.1, 0.15) is 53.4 Å². The lowest BCUT2D eigenvalue weighted by atomic mass is 9.73. The van der Waals surface area contributed by atoms with E-state index in [1.54, 1.807) is 16.9 Å². The van der Waals surface area contributed by atoms with Crippen LogP contribution in [-0.2, 0) is 9.31 Å². The zero-order valence-electron chi connectivity index (χ0n) is 15.3. The molecule has 0 atom stereocenters. The van der Waals surface area contributed by atoms with Crippen molar-refractivity contribution in [2.24, 2.45) is 0 Å². The quantitative estimate of drug-likeness (QED) is 0.513. The average Bonchev–Trinajstić information content (AvgIpc) is 3.12. The van der Waals surface area contributed by atoms with Gasteiger partial charge in [-0.25, -0.2) is 9.50 Å². The third-order valence-corrected chi connectivity index (χ3v) is 5.73. The monoisotopic (exact) mass is 405 g/mol. The molecule has 2 aliphatic rings. The van der Waals surface area contributed by atoms with E-state index in [4.69, 9.17) is 9.31 Å². The molecule has 7 heteroatoms. The largest absolute Gasteiger partial charge is 0.490 e.